The van der Waals surface area contributed by atoms with E-state index in [-0.39, 0.29) is 10.9 Å². The molecule has 106 valence electrons. The van der Waals surface area contributed by atoms with Crippen molar-refractivity contribution in [1.82, 2.24) is 5.32 Å². The zero-order valence-electron chi connectivity index (χ0n) is 11.5. The van der Waals surface area contributed by atoms with E-state index in [2.05, 4.69) is 5.32 Å². The summed E-state index contributed by atoms with van der Waals surface area (Å²) < 4.78 is 28.1. The molecule has 0 amide bonds. The van der Waals surface area contributed by atoms with Crippen LogP contribution in [-0.2, 0) is 6.54 Å². The number of benzene rings is 2. The molecule has 2 aromatic rings. The second-order valence-corrected chi connectivity index (χ2v) is 5.92. The molecule has 4 heteroatoms. The molecular weight excluding hydrogens is 276 g/mol. The highest BCUT2D eigenvalue weighted by molar-refractivity contribution is 7.99. The minimum atomic E-state index is -0.514. The van der Waals surface area contributed by atoms with Gasteiger partial charge < -0.3 is 5.32 Å². The maximum Gasteiger partial charge on any atom is 0.140 e. The Hall–Kier alpha value is -1.39. The van der Waals surface area contributed by atoms with E-state index < -0.39 is 11.6 Å². The first-order valence-electron chi connectivity index (χ1n) is 6.50. The molecule has 0 radical (unpaired) electrons. The van der Waals surface area contributed by atoms with Gasteiger partial charge in [-0.15, -0.1) is 0 Å². The second-order valence-electron chi connectivity index (χ2n) is 4.84. The highest BCUT2D eigenvalue weighted by atomic mass is 32.2. The Balaban J connectivity index is 2.18. The van der Waals surface area contributed by atoms with Crippen molar-refractivity contribution in [2.45, 2.75) is 36.2 Å². The Morgan fingerprint density at radius 1 is 1.05 bits per heavy atom. The van der Waals surface area contributed by atoms with Gasteiger partial charge in [0.05, 0.1) is 4.90 Å². The lowest BCUT2D eigenvalue weighted by Crippen LogP contribution is -2.22. The number of hydrogen-bond donors (Lipinski definition) is 1. The SMILES string of the molecule is CC(C)NCc1cc(F)c(Sc2ccccc2)c(F)c1. The van der Waals surface area contributed by atoms with E-state index in [1.807, 2.05) is 44.2 Å². The van der Waals surface area contributed by atoms with Gasteiger partial charge in [-0.2, -0.15) is 0 Å². The van der Waals surface area contributed by atoms with Gasteiger partial charge in [0.15, 0.2) is 0 Å². The molecule has 1 nitrogen and oxygen atoms in total. The fourth-order valence-corrected chi connectivity index (χ4v) is 2.58. The average molecular weight is 293 g/mol. The molecule has 2 aromatic carbocycles. The summed E-state index contributed by atoms with van der Waals surface area (Å²) in [7, 11) is 0. The summed E-state index contributed by atoms with van der Waals surface area (Å²) in [5, 5.41) is 3.15. The molecule has 1 N–H and O–H groups in total. The van der Waals surface area contributed by atoms with Gasteiger partial charge in [0, 0.05) is 17.5 Å². The van der Waals surface area contributed by atoms with Crippen LogP contribution in [0.15, 0.2) is 52.3 Å². The molecule has 0 aliphatic carbocycles. The van der Waals surface area contributed by atoms with Gasteiger partial charge >= 0.3 is 0 Å². The first-order valence-corrected chi connectivity index (χ1v) is 7.32. The third-order valence-corrected chi connectivity index (χ3v) is 3.84. The van der Waals surface area contributed by atoms with Crippen molar-refractivity contribution in [2.24, 2.45) is 0 Å². The normalized spacial score (nSPS) is 11.1. The van der Waals surface area contributed by atoms with Crippen molar-refractivity contribution in [3.05, 3.63) is 59.7 Å². The molecule has 0 bridgehead atoms. The number of hydrogen-bond acceptors (Lipinski definition) is 2. The van der Waals surface area contributed by atoms with Gasteiger partial charge in [-0.25, -0.2) is 8.78 Å². The van der Waals surface area contributed by atoms with E-state index in [4.69, 9.17) is 0 Å². The zero-order valence-corrected chi connectivity index (χ0v) is 12.3. The molecule has 2 rings (SSSR count). The van der Waals surface area contributed by atoms with Crippen molar-refractivity contribution in [1.29, 1.82) is 0 Å². The molecule has 0 aliphatic rings. The fourth-order valence-electron chi connectivity index (χ4n) is 1.74. The van der Waals surface area contributed by atoms with Crippen molar-refractivity contribution in [3.63, 3.8) is 0 Å². The molecule has 0 atom stereocenters. The molecule has 20 heavy (non-hydrogen) atoms. The van der Waals surface area contributed by atoms with Gasteiger partial charge in [0.25, 0.3) is 0 Å². The molecular formula is C16H17F2NS. The van der Waals surface area contributed by atoms with E-state index in [9.17, 15) is 8.78 Å². The predicted molar refractivity (Wildman–Crippen MR) is 78.9 cm³/mol. The quantitative estimate of drug-likeness (QED) is 0.863. The predicted octanol–water partition coefficient (Wildman–Crippen LogP) is 4.61. The Kier molecular flexibility index (Phi) is 5.15. The number of nitrogens with one attached hydrogen (secondary N) is 1. The van der Waals surface area contributed by atoms with Crippen LogP contribution in [0.4, 0.5) is 8.78 Å². The molecule has 0 saturated heterocycles. The molecule has 0 heterocycles. The third-order valence-electron chi connectivity index (χ3n) is 2.74. The first-order chi connectivity index (χ1) is 9.56. The van der Waals surface area contributed by atoms with Crippen LogP contribution in [0.5, 0.6) is 0 Å². The summed E-state index contributed by atoms with van der Waals surface area (Å²) in [5.74, 6) is -1.03. The van der Waals surface area contributed by atoms with E-state index in [0.717, 1.165) is 16.7 Å². The Morgan fingerprint density at radius 2 is 1.65 bits per heavy atom. The zero-order chi connectivity index (χ0) is 14.5. The minimum Gasteiger partial charge on any atom is -0.310 e. The van der Waals surface area contributed by atoms with Crippen LogP contribution in [0.1, 0.15) is 19.4 Å². The first kappa shape index (κ1) is 15.0. The van der Waals surface area contributed by atoms with E-state index in [1.165, 1.54) is 12.1 Å². The summed E-state index contributed by atoms with van der Waals surface area (Å²) in [6.45, 7) is 4.44. The summed E-state index contributed by atoms with van der Waals surface area (Å²) in [6.07, 6.45) is 0. The van der Waals surface area contributed by atoms with Crippen molar-refractivity contribution >= 4 is 11.8 Å². The van der Waals surface area contributed by atoms with Crippen LogP contribution >= 0.6 is 11.8 Å². The lowest BCUT2D eigenvalue weighted by Gasteiger charge is -2.10. The lowest BCUT2D eigenvalue weighted by molar-refractivity contribution is 0.529. The average Bonchev–Trinajstić information content (AvgIpc) is 2.42. The largest absolute Gasteiger partial charge is 0.310 e. The standard InChI is InChI=1S/C16H17F2NS/c1-11(2)19-10-12-8-14(17)16(15(18)9-12)20-13-6-4-3-5-7-13/h3-9,11,19H,10H2,1-2H3. The van der Waals surface area contributed by atoms with Crippen molar-refractivity contribution in [3.8, 4) is 0 Å². The molecule has 0 saturated carbocycles. The van der Waals surface area contributed by atoms with Crippen molar-refractivity contribution in [2.75, 3.05) is 0 Å². The highest BCUT2D eigenvalue weighted by Gasteiger charge is 2.12. The van der Waals surface area contributed by atoms with Gasteiger partial charge in [0.1, 0.15) is 11.6 Å². The topological polar surface area (TPSA) is 12.0 Å². The Labute approximate surface area is 122 Å². The van der Waals surface area contributed by atoms with E-state index in [1.54, 1.807) is 0 Å². The van der Waals surface area contributed by atoms with Crippen LogP contribution in [0.2, 0.25) is 0 Å². The van der Waals surface area contributed by atoms with Crippen molar-refractivity contribution < 1.29 is 8.78 Å². The highest BCUT2D eigenvalue weighted by Crippen LogP contribution is 2.32. The smallest absolute Gasteiger partial charge is 0.140 e. The van der Waals surface area contributed by atoms with E-state index >= 15 is 0 Å². The second kappa shape index (κ2) is 6.86. The van der Waals surface area contributed by atoms with Crippen LogP contribution in [0, 0.1) is 11.6 Å². The Morgan fingerprint density at radius 3 is 2.20 bits per heavy atom. The lowest BCUT2D eigenvalue weighted by atomic mass is 10.2. The van der Waals surface area contributed by atoms with Crippen LogP contribution in [0.25, 0.3) is 0 Å². The van der Waals surface area contributed by atoms with Crippen LogP contribution in [0.3, 0.4) is 0 Å². The van der Waals surface area contributed by atoms with E-state index in [0.29, 0.717) is 12.1 Å². The summed E-state index contributed by atoms with van der Waals surface area (Å²) in [6, 6.07) is 12.3. The summed E-state index contributed by atoms with van der Waals surface area (Å²) >= 11 is 1.10. The third kappa shape index (κ3) is 4.05. The maximum atomic E-state index is 14.0. The van der Waals surface area contributed by atoms with Gasteiger partial charge in [-0.3, -0.25) is 0 Å². The number of rotatable bonds is 5. The summed E-state index contributed by atoms with van der Waals surface area (Å²) in [5.41, 5.74) is 0.617. The van der Waals surface area contributed by atoms with Gasteiger partial charge in [-0.05, 0) is 29.8 Å². The summed E-state index contributed by atoms with van der Waals surface area (Å²) in [4.78, 5) is 0.864. The van der Waals surface area contributed by atoms with Crippen LogP contribution < -0.4 is 5.32 Å². The molecule has 0 spiro atoms. The molecule has 0 fully saturated rings. The van der Waals surface area contributed by atoms with Gasteiger partial charge in [-0.1, -0.05) is 43.8 Å². The molecule has 0 aromatic heterocycles. The number of halogens is 2. The van der Waals surface area contributed by atoms with Crippen LogP contribution in [-0.4, -0.2) is 6.04 Å². The maximum absolute atomic E-state index is 14.0. The molecule has 0 aliphatic heterocycles. The Bertz CT molecular complexity index is 547. The monoisotopic (exact) mass is 293 g/mol. The minimum absolute atomic E-state index is 0.0458. The fraction of sp³-hybridized carbons (Fsp3) is 0.250. The molecule has 0 unspecified atom stereocenters. The van der Waals surface area contributed by atoms with Gasteiger partial charge in [0.2, 0.25) is 0 Å².